The van der Waals surface area contributed by atoms with Crippen molar-refractivity contribution in [2.24, 2.45) is 5.92 Å². The van der Waals surface area contributed by atoms with Gasteiger partial charge in [0.1, 0.15) is 0 Å². The van der Waals surface area contributed by atoms with Crippen molar-refractivity contribution in [3.05, 3.63) is 29.3 Å². The monoisotopic (exact) mass is 276 g/mol. The van der Waals surface area contributed by atoms with Gasteiger partial charge in [0.2, 0.25) is 5.91 Å². The van der Waals surface area contributed by atoms with E-state index in [0.29, 0.717) is 11.5 Å². The predicted molar refractivity (Wildman–Crippen MR) is 76.7 cm³/mol. The highest BCUT2D eigenvalue weighted by molar-refractivity contribution is 5.93. The minimum Gasteiger partial charge on any atom is -0.465 e. The summed E-state index contributed by atoms with van der Waals surface area (Å²) in [6.45, 7) is 2.80. The molecular weight excluding hydrogens is 256 g/mol. The third-order valence-corrected chi connectivity index (χ3v) is 3.46. The molecule has 0 atom stereocenters. The van der Waals surface area contributed by atoms with Crippen molar-refractivity contribution < 1.29 is 14.3 Å². The fraction of sp³-hybridized carbons (Fsp3) is 0.467. The van der Waals surface area contributed by atoms with Gasteiger partial charge in [0.15, 0.2) is 0 Å². The fourth-order valence-corrected chi connectivity index (χ4v) is 1.98. The quantitative estimate of drug-likeness (QED) is 0.776. The van der Waals surface area contributed by atoms with Crippen molar-refractivity contribution in [1.82, 2.24) is 5.32 Å². The van der Waals surface area contributed by atoms with Gasteiger partial charge < -0.3 is 15.4 Å². The van der Waals surface area contributed by atoms with E-state index in [9.17, 15) is 9.59 Å². The number of ether oxygens (including phenoxy) is 1. The Labute approximate surface area is 118 Å². The SMILES string of the molecule is COC(=O)c1cccc(NCC(=O)NCC2CC2)c1C. The van der Waals surface area contributed by atoms with Crippen molar-refractivity contribution >= 4 is 17.6 Å². The maximum atomic E-state index is 11.7. The molecule has 20 heavy (non-hydrogen) atoms. The van der Waals surface area contributed by atoms with E-state index in [1.807, 2.05) is 13.0 Å². The van der Waals surface area contributed by atoms with Crippen LogP contribution in [0, 0.1) is 12.8 Å². The Morgan fingerprint density at radius 3 is 2.75 bits per heavy atom. The molecule has 1 aliphatic rings. The van der Waals surface area contributed by atoms with E-state index in [1.165, 1.54) is 20.0 Å². The van der Waals surface area contributed by atoms with E-state index >= 15 is 0 Å². The molecule has 0 heterocycles. The van der Waals surface area contributed by atoms with E-state index in [4.69, 9.17) is 4.74 Å². The molecule has 0 saturated heterocycles. The molecule has 0 aliphatic heterocycles. The van der Waals surface area contributed by atoms with Gasteiger partial charge in [-0.15, -0.1) is 0 Å². The molecule has 5 nitrogen and oxygen atoms in total. The first-order valence-electron chi connectivity index (χ1n) is 6.80. The lowest BCUT2D eigenvalue weighted by Gasteiger charge is -2.12. The summed E-state index contributed by atoms with van der Waals surface area (Å²) in [5.41, 5.74) is 2.07. The number of hydrogen-bond acceptors (Lipinski definition) is 4. The summed E-state index contributed by atoms with van der Waals surface area (Å²) >= 11 is 0. The molecule has 0 bridgehead atoms. The van der Waals surface area contributed by atoms with Gasteiger partial charge in [0.05, 0.1) is 19.2 Å². The topological polar surface area (TPSA) is 67.4 Å². The highest BCUT2D eigenvalue weighted by Crippen LogP contribution is 2.27. The van der Waals surface area contributed by atoms with Crippen LogP contribution in [0.2, 0.25) is 0 Å². The number of nitrogens with one attached hydrogen (secondary N) is 2. The Balaban J connectivity index is 1.91. The van der Waals surface area contributed by atoms with Gasteiger partial charge in [-0.3, -0.25) is 4.79 Å². The van der Waals surface area contributed by atoms with Gasteiger partial charge in [0, 0.05) is 12.2 Å². The standard InChI is InChI=1S/C15H20N2O3/c1-10-12(15(19)20-2)4-3-5-13(10)16-9-14(18)17-8-11-6-7-11/h3-5,11,16H,6-9H2,1-2H3,(H,17,18). The first-order valence-corrected chi connectivity index (χ1v) is 6.80. The van der Waals surface area contributed by atoms with Crippen molar-refractivity contribution in [1.29, 1.82) is 0 Å². The fourth-order valence-electron chi connectivity index (χ4n) is 1.98. The zero-order chi connectivity index (χ0) is 14.5. The lowest BCUT2D eigenvalue weighted by atomic mass is 10.1. The highest BCUT2D eigenvalue weighted by Gasteiger charge is 2.21. The molecule has 1 fully saturated rings. The van der Waals surface area contributed by atoms with Crippen LogP contribution in [0.15, 0.2) is 18.2 Å². The van der Waals surface area contributed by atoms with Crippen LogP contribution in [0.4, 0.5) is 5.69 Å². The number of esters is 1. The van der Waals surface area contributed by atoms with Crippen molar-refractivity contribution in [3.63, 3.8) is 0 Å². The number of benzene rings is 1. The number of anilines is 1. The average Bonchev–Trinajstić information content (AvgIpc) is 3.27. The van der Waals surface area contributed by atoms with E-state index in [0.717, 1.165) is 17.8 Å². The number of hydrogen-bond donors (Lipinski definition) is 2. The molecule has 5 heteroatoms. The van der Waals surface area contributed by atoms with E-state index < -0.39 is 0 Å². The molecular formula is C15H20N2O3. The van der Waals surface area contributed by atoms with Crippen LogP contribution in [0.3, 0.4) is 0 Å². The number of amides is 1. The summed E-state index contributed by atoms with van der Waals surface area (Å²) in [7, 11) is 1.35. The van der Waals surface area contributed by atoms with Crippen LogP contribution in [-0.2, 0) is 9.53 Å². The van der Waals surface area contributed by atoms with Gasteiger partial charge in [0.25, 0.3) is 0 Å². The Bertz CT molecular complexity index is 510. The Kier molecular flexibility index (Phi) is 4.61. The Morgan fingerprint density at radius 1 is 1.35 bits per heavy atom. The molecule has 0 spiro atoms. The van der Waals surface area contributed by atoms with Crippen LogP contribution in [0.5, 0.6) is 0 Å². The van der Waals surface area contributed by atoms with Gasteiger partial charge in [-0.1, -0.05) is 6.07 Å². The number of carbonyl (C=O) groups is 2. The molecule has 2 rings (SSSR count). The Morgan fingerprint density at radius 2 is 2.10 bits per heavy atom. The second-order valence-corrected chi connectivity index (χ2v) is 5.07. The third kappa shape index (κ3) is 3.73. The summed E-state index contributed by atoms with van der Waals surface area (Å²) in [4.78, 5) is 23.2. The average molecular weight is 276 g/mol. The zero-order valence-electron chi connectivity index (χ0n) is 11.9. The summed E-state index contributed by atoms with van der Waals surface area (Å²) < 4.78 is 4.72. The molecule has 0 unspecified atom stereocenters. The summed E-state index contributed by atoms with van der Waals surface area (Å²) in [5, 5.41) is 5.95. The largest absolute Gasteiger partial charge is 0.465 e. The van der Waals surface area contributed by atoms with E-state index in [-0.39, 0.29) is 18.4 Å². The lowest BCUT2D eigenvalue weighted by molar-refractivity contribution is -0.119. The highest BCUT2D eigenvalue weighted by atomic mass is 16.5. The number of carbonyl (C=O) groups excluding carboxylic acids is 2. The first-order chi connectivity index (χ1) is 9.61. The summed E-state index contributed by atoms with van der Waals surface area (Å²) in [6.07, 6.45) is 2.43. The second kappa shape index (κ2) is 6.41. The maximum absolute atomic E-state index is 11.7. The minimum absolute atomic E-state index is 0.0280. The molecule has 1 aliphatic carbocycles. The van der Waals surface area contributed by atoms with Crippen molar-refractivity contribution in [2.45, 2.75) is 19.8 Å². The van der Waals surface area contributed by atoms with Gasteiger partial charge >= 0.3 is 5.97 Å². The van der Waals surface area contributed by atoms with E-state index in [2.05, 4.69) is 10.6 Å². The van der Waals surface area contributed by atoms with E-state index in [1.54, 1.807) is 12.1 Å². The molecule has 1 amide bonds. The lowest BCUT2D eigenvalue weighted by Crippen LogP contribution is -2.31. The third-order valence-electron chi connectivity index (χ3n) is 3.46. The molecule has 1 aromatic carbocycles. The van der Waals surface area contributed by atoms with Gasteiger partial charge in [-0.05, 0) is 43.4 Å². The van der Waals surface area contributed by atoms with Crippen LogP contribution in [-0.4, -0.2) is 32.1 Å². The van der Waals surface area contributed by atoms with Crippen LogP contribution < -0.4 is 10.6 Å². The summed E-state index contributed by atoms with van der Waals surface area (Å²) in [5.74, 6) is 0.271. The normalized spacial score (nSPS) is 13.7. The smallest absolute Gasteiger partial charge is 0.338 e. The van der Waals surface area contributed by atoms with Crippen molar-refractivity contribution in [3.8, 4) is 0 Å². The summed E-state index contributed by atoms with van der Waals surface area (Å²) in [6, 6.07) is 5.32. The maximum Gasteiger partial charge on any atom is 0.338 e. The molecule has 0 radical (unpaired) electrons. The van der Waals surface area contributed by atoms with Crippen LogP contribution in [0.25, 0.3) is 0 Å². The zero-order valence-corrected chi connectivity index (χ0v) is 11.9. The second-order valence-electron chi connectivity index (χ2n) is 5.07. The molecule has 0 aromatic heterocycles. The first kappa shape index (κ1) is 14.4. The Hall–Kier alpha value is -2.04. The molecule has 2 N–H and O–H groups in total. The number of rotatable bonds is 6. The number of methoxy groups -OCH3 is 1. The van der Waals surface area contributed by atoms with Gasteiger partial charge in [-0.25, -0.2) is 4.79 Å². The minimum atomic E-state index is -0.371. The molecule has 1 aromatic rings. The molecule has 108 valence electrons. The predicted octanol–water partition coefficient (Wildman–Crippen LogP) is 1.72. The van der Waals surface area contributed by atoms with Crippen LogP contribution >= 0.6 is 0 Å². The van der Waals surface area contributed by atoms with Crippen molar-refractivity contribution in [2.75, 3.05) is 25.5 Å². The molecule has 1 saturated carbocycles. The van der Waals surface area contributed by atoms with Gasteiger partial charge in [-0.2, -0.15) is 0 Å². The van der Waals surface area contributed by atoms with Crippen LogP contribution in [0.1, 0.15) is 28.8 Å².